The summed E-state index contributed by atoms with van der Waals surface area (Å²) in [5, 5.41) is 3.15. The minimum Gasteiger partial charge on any atom is -0.373 e. The lowest BCUT2D eigenvalue weighted by Crippen LogP contribution is -2.49. The maximum Gasteiger partial charge on any atom is 0.220 e. The Morgan fingerprint density at radius 1 is 1.18 bits per heavy atom. The molecule has 120 valence electrons. The Hall–Kier alpha value is -0.910. The van der Waals surface area contributed by atoms with E-state index >= 15 is 0 Å². The monoisotopic (exact) mass is 367 g/mol. The first-order valence-electron chi connectivity index (χ1n) is 7.98. The van der Waals surface area contributed by atoms with Crippen molar-refractivity contribution in [1.82, 2.24) is 5.32 Å². The van der Waals surface area contributed by atoms with Gasteiger partial charge in [0, 0.05) is 16.9 Å². The number of halogens is 1. The van der Waals surface area contributed by atoms with Crippen LogP contribution >= 0.6 is 15.9 Å². The molecule has 22 heavy (non-hydrogen) atoms. The number of benzene rings is 1. The van der Waals surface area contributed by atoms with Crippen molar-refractivity contribution < 1.29 is 14.3 Å². The topological polar surface area (TPSA) is 47.6 Å². The van der Waals surface area contributed by atoms with E-state index in [1.54, 1.807) is 0 Å². The third-order valence-electron chi connectivity index (χ3n) is 4.42. The standard InChI is InChI=1S/C17H22BrNO3/c18-14-4-2-1-3-12(14)5-8-17(20)19-13-6-7-15-16(11-13)22-10-9-21-15/h1-4,13,15-16H,5-11H2,(H,19,20)/t13-,15+,16-/m1/s1. The molecule has 1 aliphatic carbocycles. The fraction of sp³-hybridized carbons (Fsp3) is 0.588. The van der Waals surface area contributed by atoms with Crippen molar-refractivity contribution >= 4 is 21.8 Å². The number of nitrogens with one attached hydrogen (secondary N) is 1. The molecule has 0 radical (unpaired) electrons. The van der Waals surface area contributed by atoms with Crippen LogP contribution in [0.25, 0.3) is 0 Å². The first kappa shape index (κ1) is 16.0. The van der Waals surface area contributed by atoms with Crippen molar-refractivity contribution in [3.8, 4) is 0 Å². The highest BCUT2D eigenvalue weighted by Crippen LogP contribution is 2.27. The van der Waals surface area contributed by atoms with Crippen LogP contribution in [0.3, 0.4) is 0 Å². The van der Waals surface area contributed by atoms with Gasteiger partial charge in [-0.1, -0.05) is 34.1 Å². The fourth-order valence-electron chi connectivity index (χ4n) is 3.25. The van der Waals surface area contributed by atoms with Gasteiger partial charge in [0.05, 0.1) is 25.4 Å². The van der Waals surface area contributed by atoms with E-state index in [-0.39, 0.29) is 24.2 Å². The predicted octanol–water partition coefficient (Wildman–Crippen LogP) is 2.83. The molecule has 1 aliphatic heterocycles. The zero-order chi connectivity index (χ0) is 15.4. The summed E-state index contributed by atoms with van der Waals surface area (Å²) in [5.41, 5.74) is 1.17. The largest absolute Gasteiger partial charge is 0.373 e. The summed E-state index contributed by atoms with van der Waals surface area (Å²) < 4.78 is 12.5. The Kier molecular flexibility index (Phi) is 5.50. The Morgan fingerprint density at radius 3 is 2.77 bits per heavy atom. The fourth-order valence-corrected chi connectivity index (χ4v) is 3.73. The number of fused-ring (bicyclic) bond motifs is 1. The number of rotatable bonds is 4. The molecular weight excluding hydrogens is 346 g/mol. The SMILES string of the molecule is O=C(CCc1ccccc1Br)N[C@@H]1CC[C@@H]2OCCO[C@@H]2C1. The van der Waals surface area contributed by atoms with Crippen LogP contribution in [0.2, 0.25) is 0 Å². The van der Waals surface area contributed by atoms with Crippen LogP contribution in [0.4, 0.5) is 0 Å². The molecule has 1 heterocycles. The van der Waals surface area contributed by atoms with Gasteiger partial charge in [-0.3, -0.25) is 4.79 Å². The summed E-state index contributed by atoms with van der Waals surface area (Å²) in [6, 6.07) is 8.26. The molecule has 0 bridgehead atoms. The highest BCUT2D eigenvalue weighted by molar-refractivity contribution is 9.10. The lowest BCUT2D eigenvalue weighted by Gasteiger charge is -2.39. The number of hydrogen-bond acceptors (Lipinski definition) is 3. The van der Waals surface area contributed by atoms with Gasteiger partial charge >= 0.3 is 0 Å². The van der Waals surface area contributed by atoms with Gasteiger partial charge in [0.1, 0.15) is 0 Å². The second-order valence-electron chi connectivity index (χ2n) is 5.99. The van der Waals surface area contributed by atoms with E-state index in [4.69, 9.17) is 9.47 Å². The van der Waals surface area contributed by atoms with Crippen LogP contribution < -0.4 is 5.32 Å². The number of aryl methyl sites for hydroxylation is 1. The molecule has 2 fully saturated rings. The second-order valence-corrected chi connectivity index (χ2v) is 6.84. The van der Waals surface area contributed by atoms with Crippen LogP contribution in [0.15, 0.2) is 28.7 Å². The Morgan fingerprint density at radius 2 is 1.95 bits per heavy atom. The van der Waals surface area contributed by atoms with E-state index in [9.17, 15) is 4.79 Å². The average molecular weight is 368 g/mol. The van der Waals surface area contributed by atoms with Crippen LogP contribution in [-0.2, 0) is 20.7 Å². The highest BCUT2D eigenvalue weighted by atomic mass is 79.9. The summed E-state index contributed by atoms with van der Waals surface area (Å²) in [4.78, 5) is 12.2. The Labute approximate surface area is 139 Å². The molecule has 0 unspecified atom stereocenters. The summed E-state index contributed by atoms with van der Waals surface area (Å²) in [6.45, 7) is 1.37. The molecule has 1 aromatic carbocycles. The molecular formula is C17H22BrNO3. The molecule has 2 aliphatic rings. The number of carbonyl (C=O) groups excluding carboxylic acids is 1. The van der Waals surface area contributed by atoms with Crippen LogP contribution in [-0.4, -0.2) is 37.4 Å². The summed E-state index contributed by atoms with van der Waals surface area (Å²) in [7, 11) is 0. The molecule has 5 heteroatoms. The molecule has 1 N–H and O–H groups in total. The van der Waals surface area contributed by atoms with Gasteiger partial charge in [-0.25, -0.2) is 0 Å². The molecule has 0 spiro atoms. The van der Waals surface area contributed by atoms with E-state index in [0.717, 1.165) is 30.2 Å². The maximum absolute atomic E-state index is 12.2. The van der Waals surface area contributed by atoms with Crippen LogP contribution in [0.1, 0.15) is 31.2 Å². The van der Waals surface area contributed by atoms with Gasteiger partial charge in [-0.2, -0.15) is 0 Å². The van der Waals surface area contributed by atoms with E-state index in [0.29, 0.717) is 19.6 Å². The van der Waals surface area contributed by atoms with E-state index in [1.165, 1.54) is 5.56 Å². The smallest absolute Gasteiger partial charge is 0.220 e. The summed E-state index contributed by atoms with van der Waals surface area (Å²) >= 11 is 3.52. The maximum atomic E-state index is 12.2. The molecule has 3 atom stereocenters. The third-order valence-corrected chi connectivity index (χ3v) is 5.20. The van der Waals surface area contributed by atoms with Gasteiger partial charge < -0.3 is 14.8 Å². The molecule has 3 rings (SSSR count). The van der Waals surface area contributed by atoms with Crippen LogP contribution in [0, 0.1) is 0 Å². The second kappa shape index (κ2) is 7.57. The first-order chi connectivity index (χ1) is 10.7. The molecule has 4 nitrogen and oxygen atoms in total. The minimum absolute atomic E-state index is 0.121. The number of carbonyl (C=O) groups is 1. The highest BCUT2D eigenvalue weighted by Gasteiger charge is 2.34. The van der Waals surface area contributed by atoms with Crippen molar-refractivity contribution in [1.29, 1.82) is 0 Å². The number of ether oxygens (including phenoxy) is 2. The first-order valence-corrected chi connectivity index (χ1v) is 8.77. The van der Waals surface area contributed by atoms with Gasteiger partial charge in [0.2, 0.25) is 5.91 Å². The van der Waals surface area contributed by atoms with Crippen molar-refractivity contribution in [3.63, 3.8) is 0 Å². The zero-order valence-electron chi connectivity index (χ0n) is 12.6. The lowest BCUT2D eigenvalue weighted by atomic mass is 9.89. The molecule has 1 saturated carbocycles. The van der Waals surface area contributed by atoms with Crippen molar-refractivity contribution in [2.24, 2.45) is 0 Å². The molecule has 0 aromatic heterocycles. The van der Waals surface area contributed by atoms with E-state index in [1.807, 2.05) is 18.2 Å². The molecule has 1 amide bonds. The van der Waals surface area contributed by atoms with Crippen molar-refractivity contribution in [2.75, 3.05) is 13.2 Å². The Balaban J connectivity index is 1.45. The quantitative estimate of drug-likeness (QED) is 0.889. The van der Waals surface area contributed by atoms with Gasteiger partial charge in [0.25, 0.3) is 0 Å². The Bertz CT molecular complexity index is 522. The minimum atomic E-state index is 0.121. The molecule has 1 aromatic rings. The van der Waals surface area contributed by atoms with Gasteiger partial charge in [-0.05, 0) is 37.3 Å². The average Bonchev–Trinajstić information content (AvgIpc) is 2.54. The van der Waals surface area contributed by atoms with Crippen molar-refractivity contribution in [2.45, 2.75) is 50.4 Å². The van der Waals surface area contributed by atoms with Gasteiger partial charge in [0.15, 0.2) is 0 Å². The summed E-state index contributed by atoms with van der Waals surface area (Å²) in [6.07, 6.45) is 4.46. The number of amides is 1. The zero-order valence-corrected chi connectivity index (χ0v) is 14.2. The predicted molar refractivity (Wildman–Crippen MR) is 87.7 cm³/mol. The van der Waals surface area contributed by atoms with Crippen LogP contribution in [0.5, 0.6) is 0 Å². The number of hydrogen-bond donors (Lipinski definition) is 1. The van der Waals surface area contributed by atoms with Gasteiger partial charge in [-0.15, -0.1) is 0 Å². The lowest BCUT2D eigenvalue weighted by molar-refractivity contribution is -0.158. The molecule has 1 saturated heterocycles. The normalized spacial score (nSPS) is 28.0. The summed E-state index contributed by atoms with van der Waals surface area (Å²) in [5.74, 6) is 0.121. The van der Waals surface area contributed by atoms with E-state index in [2.05, 4.69) is 27.3 Å². The van der Waals surface area contributed by atoms with Crippen molar-refractivity contribution in [3.05, 3.63) is 34.3 Å². The third kappa shape index (κ3) is 4.09. The van der Waals surface area contributed by atoms with E-state index < -0.39 is 0 Å².